The van der Waals surface area contributed by atoms with Crippen LogP contribution in [-0.4, -0.2) is 28.9 Å². The number of alkyl halides is 3. The molecule has 1 aromatic rings. The number of hydrogen-bond donors (Lipinski definition) is 1. The van der Waals surface area contributed by atoms with Gasteiger partial charge in [-0.25, -0.2) is 0 Å². The highest BCUT2D eigenvalue weighted by Crippen LogP contribution is 2.27. The minimum Gasteiger partial charge on any atom is -0.339 e. The summed E-state index contributed by atoms with van der Waals surface area (Å²) < 4.78 is 41.1. The zero-order valence-electron chi connectivity index (χ0n) is 9.42. The maximum atomic E-state index is 12.0. The number of hydrogen-bond acceptors (Lipinski definition) is 4. The lowest BCUT2D eigenvalue weighted by atomic mass is 10.0. The molecule has 0 radical (unpaired) electrons. The minimum absolute atomic E-state index is 0.113. The van der Waals surface area contributed by atoms with E-state index in [-0.39, 0.29) is 24.2 Å². The highest BCUT2D eigenvalue weighted by molar-refractivity contribution is 5.02. The SMILES string of the molecule is CC1NCCC1c1nc(CCC(F)(F)F)no1. The van der Waals surface area contributed by atoms with Gasteiger partial charge >= 0.3 is 6.18 Å². The standard InChI is InChI=1S/C10H14F3N3O/c1-6-7(3-5-14-6)9-15-8(16-17-9)2-4-10(11,12)13/h6-7,14H,2-5H2,1H3. The van der Waals surface area contributed by atoms with Gasteiger partial charge in [0.25, 0.3) is 0 Å². The number of aryl methyl sites for hydroxylation is 1. The van der Waals surface area contributed by atoms with Gasteiger partial charge in [0.2, 0.25) is 5.89 Å². The van der Waals surface area contributed by atoms with E-state index in [0.717, 1.165) is 13.0 Å². The Morgan fingerprint density at radius 1 is 1.47 bits per heavy atom. The summed E-state index contributed by atoms with van der Waals surface area (Å²) in [6.45, 7) is 2.86. The third-order valence-electron chi connectivity index (χ3n) is 2.96. The Bertz CT molecular complexity index is 377. The van der Waals surface area contributed by atoms with E-state index in [1.54, 1.807) is 0 Å². The Kier molecular flexibility index (Phi) is 3.37. The maximum absolute atomic E-state index is 12.0. The summed E-state index contributed by atoms with van der Waals surface area (Å²) in [6, 6.07) is 0.228. The van der Waals surface area contributed by atoms with Crippen LogP contribution in [0, 0.1) is 0 Å². The smallest absolute Gasteiger partial charge is 0.339 e. The molecule has 7 heteroatoms. The molecule has 17 heavy (non-hydrogen) atoms. The lowest BCUT2D eigenvalue weighted by molar-refractivity contribution is -0.134. The second-order valence-corrected chi connectivity index (χ2v) is 4.30. The third kappa shape index (κ3) is 3.18. The quantitative estimate of drug-likeness (QED) is 0.890. The molecule has 4 nitrogen and oxygen atoms in total. The van der Waals surface area contributed by atoms with Gasteiger partial charge < -0.3 is 9.84 Å². The van der Waals surface area contributed by atoms with E-state index in [0.29, 0.717) is 5.89 Å². The second kappa shape index (κ2) is 4.64. The molecule has 1 aromatic heterocycles. The predicted octanol–water partition coefficient (Wildman–Crippen LogP) is 2.03. The Morgan fingerprint density at radius 3 is 2.82 bits per heavy atom. The summed E-state index contributed by atoms with van der Waals surface area (Å²) in [7, 11) is 0. The van der Waals surface area contributed by atoms with Crippen LogP contribution >= 0.6 is 0 Å². The third-order valence-corrected chi connectivity index (χ3v) is 2.96. The molecule has 0 saturated carbocycles. The van der Waals surface area contributed by atoms with Crippen LogP contribution in [0.1, 0.15) is 37.4 Å². The molecule has 1 N–H and O–H groups in total. The van der Waals surface area contributed by atoms with E-state index in [2.05, 4.69) is 15.5 Å². The fourth-order valence-corrected chi connectivity index (χ4v) is 1.97. The summed E-state index contributed by atoms with van der Waals surface area (Å²) in [6.07, 6.45) is -4.43. The van der Waals surface area contributed by atoms with Crippen molar-refractivity contribution >= 4 is 0 Å². The summed E-state index contributed by atoms with van der Waals surface area (Å²) in [5.74, 6) is 0.693. The summed E-state index contributed by atoms with van der Waals surface area (Å²) in [5.41, 5.74) is 0. The fourth-order valence-electron chi connectivity index (χ4n) is 1.97. The lowest BCUT2D eigenvalue weighted by Gasteiger charge is -2.08. The Labute approximate surface area is 96.6 Å². The first-order valence-electron chi connectivity index (χ1n) is 5.58. The van der Waals surface area contributed by atoms with Crippen LogP contribution in [-0.2, 0) is 6.42 Å². The molecule has 0 aliphatic carbocycles. The first kappa shape index (κ1) is 12.3. The Balaban J connectivity index is 1.96. The normalized spacial score (nSPS) is 25.4. The number of nitrogens with zero attached hydrogens (tertiary/aromatic N) is 2. The van der Waals surface area contributed by atoms with Crippen molar-refractivity contribution < 1.29 is 17.7 Å². The van der Waals surface area contributed by atoms with Gasteiger partial charge in [0, 0.05) is 12.5 Å². The molecule has 1 aliphatic rings. The van der Waals surface area contributed by atoms with Crippen LogP contribution in [0.15, 0.2) is 4.52 Å². The van der Waals surface area contributed by atoms with Crippen molar-refractivity contribution in [1.82, 2.24) is 15.5 Å². The van der Waals surface area contributed by atoms with Crippen molar-refractivity contribution in [1.29, 1.82) is 0 Å². The average Bonchev–Trinajstić information content (AvgIpc) is 2.81. The van der Waals surface area contributed by atoms with E-state index in [1.807, 2.05) is 6.92 Å². The van der Waals surface area contributed by atoms with E-state index in [1.165, 1.54) is 0 Å². The van der Waals surface area contributed by atoms with Crippen LogP contribution in [0.2, 0.25) is 0 Å². The predicted molar refractivity (Wildman–Crippen MR) is 53.5 cm³/mol. The van der Waals surface area contributed by atoms with Gasteiger partial charge in [-0.05, 0) is 19.9 Å². The summed E-state index contributed by atoms with van der Waals surface area (Å²) in [5, 5.41) is 6.81. The van der Waals surface area contributed by atoms with Gasteiger partial charge in [0.1, 0.15) is 0 Å². The van der Waals surface area contributed by atoms with Crippen LogP contribution in [0.25, 0.3) is 0 Å². The first-order chi connectivity index (χ1) is 7.96. The molecular formula is C10H14F3N3O. The van der Waals surface area contributed by atoms with Crippen molar-refractivity contribution in [3.8, 4) is 0 Å². The van der Waals surface area contributed by atoms with E-state index in [4.69, 9.17) is 4.52 Å². The number of nitrogens with one attached hydrogen (secondary N) is 1. The summed E-state index contributed by atoms with van der Waals surface area (Å²) in [4.78, 5) is 4.03. The van der Waals surface area contributed by atoms with Gasteiger partial charge in [-0.1, -0.05) is 5.16 Å². The molecule has 96 valence electrons. The molecule has 2 unspecified atom stereocenters. The Morgan fingerprint density at radius 2 is 2.24 bits per heavy atom. The molecule has 0 bridgehead atoms. The number of rotatable bonds is 3. The topological polar surface area (TPSA) is 51.0 Å². The molecule has 2 heterocycles. The molecule has 1 saturated heterocycles. The van der Waals surface area contributed by atoms with Crippen LogP contribution in [0.4, 0.5) is 13.2 Å². The highest BCUT2D eigenvalue weighted by Gasteiger charge is 2.31. The van der Waals surface area contributed by atoms with Crippen molar-refractivity contribution in [2.45, 2.75) is 44.3 Å². The average molecular weight is 249 g/mol. The minimum atomic E-state index is -4.18. The van der Waals surface area contributed by atoms with E-state index in [9.17, 15) is 13.2 Å². The van der Waals surface area contributed by atoms with Crippen LogP contribution in [0.5, 0.6) is 0 Å². The highest BCUT2D eigenvalue weighted by atomic mass is 19.4. The molecular weight excluding hydrogens is 235 g/mol. The van der Waals surface area contributed by atoms with Gasteiger partial charge in [-0.3, -0.25) is 0 Å². The van der Waals surface area contributed by atoms with Crippen molar-refractivity contribution in [2.75, 3.05) is 6.54 Å². The van der Waals surface area contributed by atoms with Crippen LogP contribution < -0.4 is 5.32 Å². The zero-order chi connectivity index (χ0) is 12.5. The van der Waals surface area contributed by atoms with Gasteiger partial charge in [0.15, 0.2) is 5.82 Å². The van der Waals surface area contributed by atoms with Gasteiger partial charge in [-0.15, -0.1) is 0 Å². The fraction of sp³-hybridized carbons (Fsp3) is 0.800. The van der Waals surface area contributed by atoms with Crippen molar-refractivity contribution in [3.05, 3.63) is 11.7 Å². The van der Waals surface area contributed by atoms with Gasteiger partial charge in [-0.2, -0.15) is 18.2 Å². The van der Waals surface area contributed by atoms with Crippen molar-refractivity contribution in [3.63, 3.8) is 0 Å². The molecule has 0 aromatic carbocycles. The second-order valence-electron chi connectivity index (χ2n) is 4.30. The lowest BCUT2D eigenvalue weighted by Crippen LogP contribution is -2.21. The zero-order valence-corrected chi connectivity index (χ0v) is 9.42. The van der Waals surface area contributed by atoms with Crippen molar-refractivity contribution in [2.24, 2.45) is 0 Å². The largest absolute Gasteiger partial charge is 0.389 e. The molecule has 0 amide bonds. The van der Waals surface area contributed by atoms with E-state index >= 15 is 0 Å². The van der Waals surface area contributed by atoms with Crippen LogP contribution in [0.3, 0.4) is 0 Å². The molecule has 2 atom stereocenters. The van der Waals surface area contributed by atoms with E-state index < -0.39 is 12.6 Å². The first-order valence-corrected chi connectivity index (χ1v) is 5.58. The number of halogens is 3. The Hall–Kier alpha value is -1.11. The molecule has 1 fully saturated rings. The molecule has 2 rings (SSSR count). The monoisotopic (exact) mass is 249 g/mol. The molecule has 0 spiro atoms. The van der Waals surface area contributed by atoms with Gasteiger partial charge in [0.05, 0.1) is 12.3 Å². The number of aromatic nitrogens is 2. The maximum Gasteiger partial charge on any atom is 0.389 e. The summed E-state index contributed by atoms with van der Waals surface area (Å²) >= 11 is 0. The molecule has 1 aliphatic heterocycles.